The van der Waals surface area contributed by atoms with Crippen LogP contribution in [0.3, 0.4) is 0 Å². The quantitative estimate of drug-likeness (QED) is 0.118. The first kappa shape index (κ1) is 35.6. The first-order valence-electron chi connectivity index (χ1n) is 14.3. The summed E-state index contributed by atoms with van der Waals surface area (Å²) in [7, 11) is 4.16. The molecule has 0 unspecified atom stereocenters. The number of methoxy groups -OCH3 is 3. The Morgan fingerprint density at radius 1 is 0.714 bits per heavy atom. The summed E-state index contributed by atoms with van der Waals surface area (Å²) in [6.45, 7) is 0. The number of rotatable bonds is 10. The van der Waals surface area contributed by atoms with Gasteiger partial charge in [-0.2, -0.15) is 0 Å². The molecule has 3 aromatic rings. The second kappa shape index (κ2) is 14.0. The molecule has 2 aromatic carbocycles. The van der Waals surface area contributed by atoms with E-state index in [4.69, 9.17) is 37.6 Å². The third-order valence-corrected chi connectivity index (χ3v) is 7.88. The van der Waals surface area contributed by atoms with E-state index in [2.05, 4.69) is 0 Å². The number of carboxylic acid groups (broad SMARTS) is 2. The van der Waals surface area contributed by atoms with Crippen LogP contribution in [0.15, 0.2) is 39.5 Å². The number of hydrogen-bond donors (Lipinski definition) is 8. The SMILES string of the molecule is COc1cc(-c2cc(=O)c3c(O)cc(O[C@@H]4O[C@H](C(=O)O)[C@@H](O)[C@H](O)[C@H]4O[C@@H]4O[C@H](C(=O)O)[C@@H](O)[C@H](O)[C@H]4O)cc3o2)cc(OC)c1OC. The molecule has 0 saturated carbocycles. The number of phenolic OH excluding ortho intramolecular Hbond substituents is 1. The lowest BCUT2D eigenvalue weighted by Gasteiger charge is -2.44. The smallest absolute Gasteiger partial charge is 0.335 e. The van der Waals surface area contributed by atoms with Gasteiger partial charge in [-0.1, -0.05) is 0 Å². The molecule has 49 heavy (non-hydrogen) atoms. The Bertz CT molecular complexity index is 1750. The standard InChI is InChI=1S/C30H32O19/c1-42-15-4-9(5-16(43-2)23(15)44-3)13-8-12(32)17-11(31)6-10(7-14(17)46-13)45-30-26(21(36)20(35)25(48-30)28(40)41)49-29-22(37)18(33)19(34)24(47-29)27(38)39/h4-8,18-22,24-26,29-31,33-37H,1-3H3,(H,38,39)(H,40,41)/t18-,19-,20-,21-,22+,24-,25-,26+,29-,30+/m0/s1. The molecule has 2 aliphatic heterocycles. The number of aliphatic hydroxyl groups is 5. The van der Waals surface area contributed by atoms with E-state index in [0.29, 0.717) is 5.56 Å². The van der Waals surface area contributed by atoms with Gasteiger partial charge in [0.25, 0.3) is 0 Å². The van der Waals surface area contributed by atoms with Crippen LogP contribution in [-0.4, -0.2) is 136 Å². The molecule has 2 saturated heterocycles. The third kappa shape index (κ3) is 6.65. The molecule has 2 fully saturated rings. The molecule has 10 atom stereocenters. The number of phenols is 1. The fourth-order valence-corrected chi connectivity index (χ4v) is 5.41. The van der Waals surface area contributed by atoms with Crippen molar-refractivity contribution in [2.45, 2.75) is 61.4 Å². The van der Waals surface area contributed by atoms with Crippen molar-refractivity contribution in [1.82, 2.24) is 0 Å². The zero-order valence-corrected chi connectivity index (χ0v) is 25.7. The number of carbonyl (C=O) groups is 2. The summed E-state index contributed by atoms with van der Waals surface area (Å²) >= 11 is 0. The Morgan fingerprint density at radius 2 is 1.29 bits per heavy atom. The van der Waals surface area contributed by atoms with Crippen LogP contribution in [0.25, 0.3) is 22.3 Å². The zero-order chi connectivity index (χ0) is 35.9. The number of aromatic hydroxyl groups is 1. The van der Waals surface area contributed by atoms with E-state index in [9.17, 15) is 55.2 Å². The molecule has 0 amide bonds. The molecule has 1 aromatic heterocycles. The molecule has 8 N–H and O–H groups in total. The van der Waals surface area contributed by atoms with Crippen LogP contribution in [0.1, 0.15) is 0 Å². The number of aliphatic carboxylic acids is 2. The summed E-state index contributed by atoms with van der Waals surface area (Å²) in [6.07, 6.45) is -20.9. The van der Waals surface area contributed by atoms with Gasteiger partial charge < -0.3 is 78.4 Å². The van der Waals surface area contributed by atoms with E-state index in [-0.39, 0.29) is 39.7 Å². The maximum Gasteiger partial charge on any atom is 0.335 e. The first-order valence-corrected chi connectivity index (χ1v) is 14.3. The Labute approximate surface area is 274 Å². The number of hydrogen-bond acceptors (Lipinski definition) is 17. The number of aliphatic hydroxyl groups excluding tert-OH is 5. The van der Waals surface area contributed by atoms with E-state index >= 15 is 0 Å². The Hall–Kier alpha value is -4.73. The minimum absolute atomic E-state index is 0.0231. The highest BCUT2D eigenvalue weighted by Crippen LogP contribution is 2.42. The lowest BCUT2D eigenvalue weighted by Crippen LogP contribution is -2.66. The van der Waals surface area contributed by atoms with Gasteiger partial charge >= 0.3 is 11.9 Å². The molecular weight excluding hydrogens is 664 g/mol. The van der Waals surface area contributed by atoms with Gasteiger partial charge in [0.2, 0.25) is 12.0 Å². The average molecular weight is 697 g/mol. The monoisotopic (exact) mass is 696 g/mol. The van der Waals surface area contributed by atoms with Crippen LogP contribution in [0.4, 0.5) is 0 Å². The molecule has 19 heteroatoms. The first-order chi connectivity index (χ1) is 23.2. The van der Waals surface area contributed by atoms with Crippen molar-refractivity contribution in [1.29, 1.82) is 0 Å². The second-order valence-corrected chi connectivity index (χ2v) is 10.9. The van der Waals surface area contributed by atoms with E-state index in [0.717, 1.165) is 18.2 Å². The predicted molar refractivity (Wildman–Crippen MR) is 157 cm³/mol. The van der Waals surface area contributed by atoms with E-state index in [1.165, 1.54) is 33.5 Å². The molecule has 0 spiro atoms. The van der Waals surface area contributed by atoms with Crippen LogP contribution < -0.4 is 24.4 Å². The van der Waals surface area contributed by atoms with E-state index in [1.807, 2.05) is 0 Å². The molecule has 0 aliphatic carbocycles. The topological polar surface area (TPSA) is 291 Å². The molecular formula is C30H32O19. The summed E-state index contributed by atoms with van der Waals surface area (Å²) < 4.78 is 43.6. The van der Waals surface area contributed by atoms with E-state index in [1.54, 1.807) is 0 Å². The van der Waals surface area contributed by atoms with Crippen LogP contribution in [0.5, 0.6) is 28.7 Å². The summed E-state index contributed by atoms with van der Waals surface area (Å²) in [4.78, 5) is 36.5. The molecule has 266 valence electrons. The lowest BCUT2D eigenvalue weighted by atomic mass is 9.97. The van der Waals surface area contributed by atoms with Crippen LogP contribution in [-0.2, 0) is 23.8 Å². The van der Waals surface area contributed by atoms with Crippen LogP contribution in [0.2, 0.25) is 0 Å². The maximum atomic E-state index is 13.1. The van der Waals surface area contributed by atoms with Crippen LogP contribution in [0, 0.1) is 0 Å². The van der Waals surface area contributed by atoms with Crippen molar-refractivity contribution < 1.29 is 88.0 Å². The van der Waals surface area contributed by atoms with Crippen molar-refractivity contribution >= 4 is 22.9 Å². The van der Waals surface area contributed by atoms with Gasteiger partial charge in [0.1, 0.15) is 58.7 Å². The minimum atomic E-state index is -2.17. The van der Waals surface area contributed by atoms with Gasteiger partial charge in [-0.25, -0.2) is 9.59 Å². The third-order valence-electron chi connectivity index (χ3n) is 7.88. The predicted octanol–water partition coefficient (Wildman–Crippen LogP) is -1.62. The fraction of sp³-hybridized carbons (Fsp3) is 0.433. The highest BCUT2D eigenvalue weighted by atomic mass is 16.8. The van der Waals surface area contributed by atoms with Crippen molar-refractivity contribution in [2.24, 2.45) is 0 Å². The van der Waals surface area contributed by atoms with Crippen molar-refractivity contribution in [3.63, 3.8) is 0 Å². The van der Waals surface area contributed by atoms with Gasteiger partial charge in [0.15, 0.2) is 41.5 Å². The van der Waals surface area contributed by atoms with Crippen LogP contribution >= 0.6 is 0 Å². The van der Waals surface area contributed by atoms with Crippen molar-refractivity contribution in [3.8, 4) is 40.1 Å². The fourth-order valence-electron chi connectivity index (χ4n) is 5.41. The van der Waals surface area contributed by atoms with Gasteiger partial charge in [-0.3, -0.25) is 4.79 Å². The highest BCUT2D eigenvalue weighted by molar-refractivity contribution is 5.86. The number of benzene rings is 2. The highest BCUT2D eigenvalue weighted by Gasteiger charge is 2.54. The largest absolute Gasteiger partial charge is 0.507 e. The maximum absolute atomic E-state index is 13.1. The zero-order valence-electron chi connectivity index (χ0n) is 25.7. The average Bonchev–Trinajstić information content (AvgIpc) is 3.06. The van der Waals surface area contributed by atoms with Gasteiger partial charge in [-0.15, -0.1) is 0 Å². The lowest BCUT2D eigenvalue weighted by molar-refractivity contribution is -0.350. The number of ether oxygens (including phenoxy) is 7. The number of carboxylic acids is 2. The normalized spacial score (nSPS) is 30.0. The molecule has 19 nitrogen and oxygen atoms in total. The summed E-state index contributed by atoms with van der Waals surface area (Å²) in [6, 6.07) is 6.12. The Balaban J connectivity index is 1.53. The van der Waals surface area contributed by atoms with Gasteiger partial charge in [-0.05, 0) is 12.1 Å². The Morgan fingerprint density at radius 3 is 1.84 bits per heavy atom. The molecule has 2 aliphatic rings. The number of fused-ring (bicyclic) bond motifs is 1. The summed E-state index contributed by atoms with van der Waals surface area (Å²) in [5.41, 5.74) is -0.643. The molecule has 5 rings (SSSR count). The van der Waals surface area contributed by atoms with Crippen molar-refractivity contribution in [3.05, 3.63) is 40.6 Å². The van der Waals surface area contributed by atoms with Gasteiger partial charge in [0.05, 0.1) is 21.3 Å². The van der Waals surface area contributed by atoms with Crippen molar-refractivity contribution in [2.75, 3.05) is 21.3 Å². The minimum Gasteiger partial charge on any atom is -0.507 e. The summed E-state index contributed by atoms with van der Waals surface area (Å²) in [5.74, 6) is -3.79. The Kier molecular flexibility index (Phi) is 10.2. The molecule has 0 bridgehead atoms. The second-order valence-electron chi connectivity index (χ2n) is 10.9. The molecule has 0 radical (unpaired) electrons. The van der Waals surface area contributed by atoms with Gasteiger partial charge in [0, 0.05) is 23.8 Å². The summed E-state index contributed by atoms with van der Waals surface area (Å²) in [5, 5.41) is 81.4. The van der Waals surface area contributed by atoms with E-state index < -0.39 is 84.5 Å². The molecule has 3 heterocycles.